The van der Waals surface area contributed by atoms with Crippen molar-refractivity contribution in [3.05, 3.63) is 50.7 Å². The van der Waals surface area contributed by atoms with Crippen LogP contribution in [0.5, 0.6) is 0 Å². The number of carbonyl (C=O) groups is 1. The number of carbonyl (C=O) groups excluding carboxylic acids is 1. The van der Waals surface area contributed by atoms with Crippen molar-refractivity contribution in [3.63, 3.8) is 0 Å². The number of aromatic amines is 2. The van der Waals surface area contributed by atoms with E-state index in [1.165, 1.54) is 12.1 Å². The summed E-state index contributed by atoms with van der Waals surface area (Å²) >= 11 is 6.65. The van der Waals surface area contributed by atoms with Crippen molar-refractivity contribution in [2.45, 2.75) is 6.10 Å². The molecule has 1 saturated heterocycles. The van der Waals surface area contributed by atoms with Gasteiger partial charge in [-0.25, -0.2) is 4.39 Å². The minimum atomic E-state index is -0.473. The zero-order valence-corrected chi connectivity index (χ0v) is 14.2. The maximum Gasteiger partial charge on any atom is 0.256 e. The summed E-state index contributed by atoms with van der Waals surface area (Å²) in [5, 5.41) is 1.98. The molecule has 0 bridgehead atoms. The molecule has 0 saturated carbocycles. The third kappa shape index (κ3) is 2.77. The molecule has 0 aliphatic carbocycles. The van der Waals surface area contributed by atoms with E-state index in [-0.39, 0.29) is 17.6 Å². The Morgan fingerprint density at radius 1 is 1.42 bits per heavy atom. The number of amides is 1. The number of aromatic nitrogens is 2. The van der Waals surface area contributed by atoms with E-state index in [1.807, 2.05) is 17.5 Å². The number of fused-ring (bicyclic) bond motifs is 1. The van der Waals surface area contributed by atoms with Crippen LogP contribution in [0.15, 0.2) is 29.6 Å². The van der Waals surface area contributed by atoms with Gasteiger partial charge in [-0.2, -0.15) is 0 Å². The number of hydrogen-bond donors (Lipinski definition) is 2. The monoisotopic (exact) mass is 363 g/mol. The molecule has 2 aromatic heterocycles. The molecule has 2 N–H and O–H groups in total. The first-order valence-corrected chi connectivity index (χ1v) is 8.76. The van der Waals surface area contributed by atoms with Gasteiger partial charge in [0, 0.05) is 11.4 Å². The maximum absolute atomic E-state index is 13.9. The van der Waals surface area contributed by atoms with Crippen molar-refractivity contribution in [1.29, 1.82) is 0 Å². The number of imidazole rings is 1. The summed E-state index contributed by atoms with van der Waals surface area (Å²) in [5.74, 6) is -0.700. The van der Waals surface area contributed by atoms with Crippen LogP contribution in [-0.2, 0) is 4.74 Å². The largest absolute Gasteiger partial charge is 0.369 e. The number of morpholine rings is 1. The van der Waals surface area contributed by atoms with Crippen molar-refractivity contribution in [2.75, 3.05) is 19.7 Å². The smallest absolute Gasteiger partial charge is 0.256 e. The molecule has 24 heavy (non-hydrogen) atoms. The Labute approximate surface area is 146 Å². The van der Waals surface area contributed by atoms with Gasteiger partial charge >= 0.3 is 0 Å². The SMILES string of the molecule is O=C(c1cc(F)cc2[nH]c(=S)[nH]c12)N1CCO[C@@H](c2cccs2)C1. The summed E-state index contributed by atoms with van der Waals surface area (Å²) in [7, 11) is 0. The highest BCUT2D eigenvalue weighted by Gasteiger charge is 2.28. The number of ether oxygens (including phenoxy) is 1. The molecule has 4 rings (SSSR count). The molecule has 1 aromatic carbocycles. The molecule has 0 unspecified atom stereocenters. The molecule has 1 atom stereocenters. The van der Waals surface area contributed by atoms with Crippen LogP contribution in [-0.4, -0.2) is 40.5 Å². The Morgan fingerprint density at radius 3 is 3.08 bits per heavy atom. The molecule has 5 nitrogen and oxygen atoms in total. The fourth-order valence-corrected chi connectivity index (χ4v) is 3.90. The van der Waals surface area contributed by atoms with E-state index in [9.17, 15) is 9.18 Å². The van der Waals surface area contributed by atoms with E-state index in [0.29, 0.717) is 35.5 Å². The van der Waals surface area contributed by atoms with Gasteiger partial charge in [0.25, 0.3) is 5.91 Å². The first-order chi connectivity index (χ1) is 11.6. The highest BCUT2D eigenvalue weighted by Crippen LogP contribution is 2.28. The fraction of sp³-hybridized carbons (Fsp3) is 0.250. The molecule has 0 spiro atoms. The van der Waals surface area contributed by atoms with Crippen LogP contribution >= 0.6 is 23.6 Å². The van der Waals surface area contributed by atoms with Gasteiger partial charge in [-0.3, -0.25) is 4.79 Å². The molecule has 124 valence electrons. The first-order valence-electron chi connectivity index (χ1n) is 7.47. The zero-order chi connectivity index (χ0) is 16.7. The Hall–Kier alpha value is -2.03. The van der Waals surface area contributed by atoms with Gasteiger partial charge < -0.3 is 19.6 Å². The summed E-state index contributed by atoms with van der Waals surface area (Å²) in [6.07, 6.45) is -0.142. The number of nitrogens with one attached hydrogen (secondary N) is 2. The van der Waals surface area contributed by atoms with Crippen LogP contribution in [0.1, 0.15) is 21.3 Å². The predicted molar refractivity (Wildman–Crippen MR) is 92.4 cm³/mol. The lowest BCUT2D eigenvalue weighted by Gasteiger charge is -2.32. The third-order valence-corrected chi connectivity index (χ3v) is 5.20. The molecular formula is C16H14FN3O2S2. The number of hydrogen-bond acceptors (Lipinski definition) is 4. The standard InChI is InChI=1S/C16H14FN3O2S2/c17-9-6-10(14-11(7-9)18-16(23)19-14)15(21)20-3-4-22-12(8-20)13-2-1-5-24-13/h1-2,5-7,12H,3-4,8H2,(H2,18,19,23)/t12-/m1/s1. The summed E-state index contributed by atoms with van der Waals surface area (Å²) < 4.78 is 20.0. The highest BCUT2D eigenvalue weighted by atomic mass is 32.1. The normalized spacial score (nSPS) is 18.2. The number of nitrogens with zero attached hydrogens (tertiary/aromatic N) is 1. The first kappa shape index (κ1) is 15.5. The Bertz CT molecular complexity index is 948. The average molecular weight is 363 g/mol. The third-order valence-electron chi connectivity index (χ3n) is 4.03. The van der Waals surface area contributed by atoms with Crippen LogP contribution in [0.25, 0.3) is 11.0 Å². The van der Waals surface area contributed by atoms with Gasteiger partial charge in [0.2, 0.25) is 0 Å². The minimum absolute atomic E-state index is 0.142. The van der Waals surface area contributed by atoms with E-state index in [1.54, 1.807) is 16.2 Å². The second-order valence-corrected chi connectivity index (χ2v) is 6.97. The van der Waals surface area contributed by atoms with E-state index >= 15 is 0 Å². The molecular weight excluding hydrogens is 349 g/mol. The number of thiophene rings is 1. The molecule has 8 heteroatoms. The van der Waals surface area contributed by atoms with E-state index in [2.05, 4.69) is 9.97 Å². The molecule has 0 radical (unpaired) electrons. The fourth-order valence-electron chi connectivity index (χ4n) is 2.93. The second-order valence-electron chi connectivity index (χ2n) is 5.58. The molecule has 1 amide bonds. The van der Waals surface area contributed by atoms with E-state index in [4.69, 9.17) is 17.0 Å². The number of halogens is 1. The lowest BCUT2D eigenvalue weighted by molar-refractivity contribution is -0.0211. The summed E-state index contributed by atoms with van der Waals surface area (Å²) in [6.45, 7) is 1.38. The topological polar surface area (TPSA) is 61.1 Å². The van der Waals surface area contributed by atoms with E-state index in [0.717, 1.165) is 4.88 Å². The number of H-pyrrole nitrogens is 2. The van der Waals surface area contributed by atoms with E-state index < -0.39 is 5.82 Å². The predicted octanol–water partition coefficient (Wildman–Crippen LogP) is 3.64. The zero-order valence-electron chi connectivity index (χ0n) is 12.5. The number of rotatable bonds is 2. The van der Waals surface area contributed by atoms with Crippen molar-refractivity contribution in [2.24, 2.45) is 0 Å². The maximum atomic E-state index is 13.9. The van der Waals surface area contributed by atoms with Crippen molar-refractivity contribution >= 4 is 40.5 Å². The summed E-state index contributed by atoms with van der Waals surface area (Å²) in [6, 6.07) is 6.53. The van der Waals surface area contributed by atoms with Crippen LogP contribution < -0.4 is 0 Å². The second kappa shape index (κ2) is 6.12. The quantitative estimate of drug-likeness (QED) is 0.684. The van der Waals surface area contributed by atoms with Crippen LogP contribution in [0.3, 0.4) is 0 Å². The van der Waals surface area contributed by atoms with Gasteiger partial charge in [0.15, 0.2) is 4.77 Å². The van der Waals surface area contributed by atoms with Gasteiger partial charge in [0.1, 0.15) is 11.9 Å². The molecule has 3 heterocycles. The molecule has 1 aliphatic rings. The summed E-state index contributed by atoms with van der Waals surface area (Å²) in [5.41, 5.74) is 1.31. The lowest BCUT2D eigenvalue weighted by Crippen LogP contribution is -2.42. The number of benzene rings is 1. The minimum Gasteiger partial charge on any atom is -0.369 e. The lowest BCUT2D eigenvalue weighted by atomic mass is 10.1. The average Bonchev–Trinajstić information content (AvgIpc) is 3.22. The Kier molecular flexibility index (Phi) is 3.95. The molecule has 3 aromatic rings. The Morgan fingerprint density at radius 2 is 2.29 bits per heavy atom. The Balaban J connectivity index is 1.67. The molecule has 1 aliphatic heterocycles. The van der Waals surface area contributed by atoms with Crippen molar-refractivity contribution in [3.8, 4) is 0 Å². The van der Waals surface area contributed by atoms with Gasteiger partial charge in [-0.05, 0) is 35.8 Å². The van der Waals surface area contributed by atoms with Gasteiger partial charge in [-0.15, -0.1) is 11.3 Å². The summed E-state index contributed by atoms with van der Waals surface area (Å²) in [4.78, 5) is 21.5. The van der Waals surface area contributed by atoms with Crippen LogP contribution in [0, 0.1) is 10.6 Å². The van der Waals surface area contributed by atoms with Crippen molar-refractivity contribution in [1.82, 2.24) is 14.9 Å². The van der Waals surface area contributed by atoms with Crippen LogP contribution in [0.2, 0.25) is 0 Å². The van der Waals surface area contributed by atoms with Crippen molar-refractivity contribution < 1.29 is 13.9 Å². The van der Waals surface area contributed by atoms with Crippen LogP contribution in [0.4, 0.5) is 4.39 Å². The highest BCUT2D eigenvalue weighted by molar-refractivity contribution is 7.71. The van der Waals surface area contributed by atoms with Gasteiger partial charge in [0.05, 0.1) is 29.7 Å². The van der Waals surface area contributed by atoms with Gasteiger partial charge in [-0.1, -0.05) is 6.07 Å². The molecule has 1 fully saturated rings.